The van der Waals surface area contributed by atoms with E-state index in [1.165, 1.54) is 0 Å². The zero-order valence-corrected chi connectivity index (χ0v) is 15.4. The number of benzene rings is 2. The summed E-state index contributed by atoms with van der Waals surface area (Å²) >= 11 is 3.38. The fraction of sp³-hybridized carbons (Fsp3) is 0.158. The smallest absolute Gasteiger partial charge is 0.280 e. The van der Waals surface area contributed by atoms with Crippen molar-refractivity contribution in [1.29, 1.82) is 0 Å². The molecule has 2 aromatic rings. The molecule has 1 N–H and O–H groups in total. The van der Waals surface area contributed by atoms with Gasteiger partial charge in [-0.05, 0) is 64.8 Å². The third kappa shape index (κ3) is 6.08. The predicted molar refractivity (Wildman–Crippen MR) is 102 cm³/mol. The van der Waals surface area contributed by atoms with Crippen LogP contribution < -0.4 is 14.9 Å². The van der Waals surface area contributed by atoms with Gasteiger partial charge in [-0.15, -0.1) is 0 Å². The third-order valence-corrected chi connectivity index (χ3v) is 3.80. The fourth-order valence-corrected chi connectivity index (χ4v) is 2.23. The van der Waals surface area contributed by atoms with Crippen LogP contribution in [0.1, 0.15) is 12.5 Å². The quantitative estimate of drug-likeness (QED) is 0.413. The van der Waals surface area contributed by atoms with Gasteiger partial charge in [0.25, 0.3) is 5.91 Å². The number of hydrogen-bond acceptors (Lipinski definition) is 4. The minimum Gasteiger partial charge on any atom is -0.490 e. The van der Waals surface area contributed by atoms with E-state index in [-0.39, 0.29) is 5.91 Å². The second-order valence-corrected chi connectivity index (χ2v) is 5.95. The van der Waals surface area contributed by atoms with Gasteiger partial charge in [-0.25, -0.2) is 5.43 Å². The molecule has 130 valence electrons. The Kier molecular flexibility index (Phi) is 7.22. The second-order valence-electron chi connectivity index (χ2n) is 5.09. The molecule has 0 aliphatic carbocycles. The molecule has 0 unspecified atom stereocenters. The van der Waals surface area contributed by atoms with E-state index in [9.17, 15) is 4.79 Å². The summed E-state index contributed by atoms with van der Waals surface area (Å²) in [6, 6.07) is 14.7. The largest absolute Gasteiger partial charge is 0.490 e. The van der Waals surface area contributed by atoms with Crippen molar-refractivity contribution in [2.45, 2.75) is 13.0 Å². The molecule has 0 heterocycles. The number of nitrogens with one attached hydrogen (secondary N) is 1. The van der Waals surface area contributed by atoms with Crippen LogP contribution in [0.25, 0.3) is 0 Å². The number of halogens is 1. The van der Waals surface area contributed by atoms with E-state index >= 15 is 0 Å². The van der Waals surface area contributed by atoms with Crippen LogP contribution in [-0.4, -0.2) is 24.8 Å². The van der Waals surface area contributed by atoms with Gasteiger partial charge in [0, 0.05) is 0 Å². The van der Waals surface area contributed by atoms with Crippen LogP contribution >= 0.6 is 15.9 Å². The number of hydrogen-bond donors (Lipinski definition) is 1. The van der Waals surface area contributed by atoms with Gasteiger partial charge in [0.2, 0.25) is 0 Å². The third-order valence-electron chi connectivity index (χ3n) is 3.15. The zero-order chi connectivity index (χ0) is 18.1. The number of carbonyl (C=O) groups is 1. The maximum absolute atomic E-state index is 12.0. The summed E-state index contributed by atoms with van der Waals surface area (Å²) in [5.41, 5.74) is 3.30. The molecule has 25 heavy (non-hydrogen) atoms. The molecule has 0 aromatic heterocycles. The number of rotatable bonds is 8. The van der Waals surface area contributed by atoms with Gasteiger partial charge in [0.1, 0.15) is 18.1 Å². The number of ether oxygens (including phenoxy) is 2. The first kappa shape index (κ1) is 18.7. The Labute approximate surface area is 155 Å². The molecule has 0 spiro atoms. The Morgan fingerprint density at radius 2 is 2.00 bits per heavy atom. The lowest BCUT2D eigenvalue weighted by Gasteiger charge is -2.13. The summed E-state index contributed by atoms with van der Waals surface area (Å²) in [6.45, 7) is 5.72. The zero-order valence-electron chi connectivity index (χ0n) is 13.8. The van der Waals surface area contributed by atoms with Crippen molar-refractivity contribution < 1.29 is 14.3 Å². The molecule has 0 fully saturated rings. The van der Waals surface area contributed by atoms with Crippen molar-refractivity contribution in [3.8, 4) is 11.5 Å². The topological polar surface area (TPSA) is 59.9 Å². The van der Waals surface area contributed by atoms with Gasteiger partial charge in [0.05, 0.1) is 10.7 Å². The van der Waals surface area contributed by atoms with E-state index in [2.05, 4.69) is 33.0 Å². The second kappa shape index (κ2) is 9.64. The van der Waals surface area contributed by atoms with Crippen molar-refractivity contribution in [3.05, 3.63) is 71.2 Å². The molecular formula is C19H19BrN2O3. The Morgan fingerprint density at radius 3 is 2.68 bits per heavy atom. The fourth-order valence-electron chi connectivity index (χ4n) is 1.85. The minimum atomic E-state index is -0.675. The number of nitrogens with zero attached hydrogens (tertiary/aromatic N) is 1. The molecule has 6 heteroatoms. The highest BCUT2D eigenvalue weighted by Gasteiger charge is 2.14. The molecule has 1 amide bonds. The first-order chi connectivity index (χ1) is 12.1. The summed E-state index contributed by atoms with van der Waals surface area (Å²) in [5.74, 6) is 1.01. The van der Waals surface area contributed by atoms with E-state index in [1.54, 1.807) is 25.3 Å². The summed E-state index contributed by atoms with van der Waals surface area (Å²) in [4.78, 5) is 12.0. The Balaban J connectivity index is 1.85. The number of carbonyl (C=O) groups excluding carboxylic acids is 1. The van der Waals surface area contributed by atoms with Crippen molar-refractivity contribution in [2.24, 2.45) is 5.10 Å². The van der Waals surface area contributed by atoms with E-state index in [4.69, 9.17) is 9.47 Å². The molecular weight excluding hydrogens is 384 g/mol. The first-order valence-electron chi connectivity index (χ1n) is 7.68. The summed E-state index contributed by atoms with van der Waals surface area (Å²) < 4.78 is 11.8. The van der Waals surface area contributed by atoms with Crippen LogP contribution in [0, 0.1) is 0 Å². The minimum absolute atomic E-state index is 0.335. The van der Waals surface area contributed by atoms with Gasteiger partial charge in [-0.2, -0.15) is 5.10 Å². The average Bonchev–Trinajstić information content (AvgIpc) is 2.62. The van der Waals surface area contributed by atoms with Crippen LogP contribution in [-0.2, 0) is 4.79 Å². The lowest BCUT2D eigenvalue weighted by molar-refractivity contribution is -0.127. The highest BCUT2D eigenvalue weighted by Crippen LogP contribution is 2.24. The number of amides is 1. The van der Waals surface area contributed by atoms with Crippen molar-refractivity contribution >= 4 is 28.1 Å². The van der Waals surface area contributed by atoms with E-state index < -0.39 is 6.10 Å². The van der Waals surface area contributed by atoms with Gasteiger partial charge in [0.15, 0.2) is 6.10 Å². The van der Waals surface area contributed by atoms with Gasteiger partial charge in [-0.1, -0.05) is 24.8 Å². The molecule has 0 aliphatic heterocycles. The van der Waals surface area contributed by atoms with Crippen LogP contribution in [0.3, 0.4) is 0 Å². The van der Waals surface area contributed by atoms with E-state index in [0.29, 0.717) is 12.4 Å². The average molecular weight is 403 g/mol. The Hall–Kier alpha value is -2.60. The predicted octanol–water partition coefficient (Wildman–Crippen LogP) is 3.93. The standard InChI is InChI=1S/C19H19BrN2O3/c1-3-12-24-16-10-8-15(9-11-16)13-21-22-19(23)14(2)25-18-7-5-4-6-17(18)20/h3-11,13-14H,1,12H2,2H3,(H,22,23)/t14-/m1/s1. The van der Waals surface area contributed by atoms with E-state index in [1.807, 2.05) is 42.5 Å². The van der Waals surface area contributed by atoms with Gasteiger partial charge in [-0.3, -0.25) is 4.79 Å². The summed E-state index contributed by atoms with van der Waals surface area (Å²) in [5, 5.41) is 3.95. The van der Waals surface area contributed by atoms with Crippen LogP contribution in [0.5, 0.6) is 11.5 Å². The van der Waals surface area contributed by atoms with E-state index in [0.717, 1.165) is 15.8 Å². The van der Waals surface area contributed by atoms with Crippen LogP contribution in [0.4, 0.5) is 0 Å². The van der Waals surface area contributed by atoms with Gasteiger partial charge >= 0.3 is 0 Å². The molecule has 1 atom stereocenters. The lowest BCUT2D eigenvalue weighted by Crippen LogP contribution is -2.33. The Morgan fingerprint density at radius 1 is 1.28 bits per heavy atom. The molecule has 0 aliphatic rings. The highest BCUT2D eigenvalue weighted by molar-refractivity contribution is 9.10. The number of para-hydroxylation sites is 1. The maximum Gasteiger partial charge on any atom is 0.280 e. The van der Waals surface area contributed by atoms with Crippen LogP contribution in [0.15, 0.2) is 70.8 Å². The van der Waals surface area contributed by atoms with Gasteiger partial charge < -0.3 is 9.47 Å². The summed E-state index contributed by atoms with van der Waals surface area (Å²) in [6.07, 6.45) is 2.56. The molecule has 2 rings (SSSR count). The van der Waals surface area contributed by atoms with Crippen molar-refractivity contribution in [1.82, 2.24) is 5.43 Å². The highest BCUT2D eigenvalue weighted by atomic mass is 79.9. The first-order valence-corrected chi connectivity index (χ1v) is 8.47. The van der Waals surface area contributed by atoms with Crippen molar-refractivity contribution in [3.63, 3.8) is 0 Å². The van der Waals surface area contributed by atoms with Crippen LogP contribution in [0.2, 0.25) is 0 Å². The Bertz CT molecular complexity index is 745. The SMILES string of the molecule is C=CCOc1ccc(C=NNC(=O)[C@@H](C)Oc2ccccc2Br)cc1. The monoisotopic (exact) mass is 402 g/mol. The molecule has 0 saturated carbocycles. The molecule has 0 saturated heterocycles. The molecule has 0 radical (unpaired) electrons. The lowest BCUT2D eigenvalue weighted by atomic mass is 10.2. The molecule has 2 aromatic carbocycles. The summed E-state index contributed by atoms with van der Waals surface area (Å²) in [7, 11) is 0. The maximum atomic E-state index is 12.0. The molecule has 5 nitrogen and oxygen atoms in total. The normalized spacial score (nSPS) is 11.8. The van der Waals surface area contributed by atoms with Crippen molar-refractivity contribution in [2.75, 3.05) is 6.61 Å². The molecule has 0 bridgehead atoms. The number of hydrazone groups is 1.